The molecule has 2 aromatic heterocycles. The number of aromatic nitrogens is 3. The summed E-state index contributed by atoms with van der Waals surface area (Å²) in [6.45, 7) is 11.4. The van der Waals surface area contributed by atoms with E-state index in [-0.39, 0.29) is 23.7 Å². The van der Waals surface area contributed by atoms with Gasteiger partial charge in [-0.2, -0.15) is 5.26 Å². The van der Waals surface area contributed by atoms with Crippen LogP contribution in [0.3, 0.4) is 0 Å². The van der Waals surface area contributed by atoms with Gasteiger partial charge in [-0.1, -0.05) is 56.8 Å². The van der Waals surface area contributed by atoms with Crippen LogP contribution in [0.25, 0.3) is 0 Å². The predicted octanol–water partition coefficient (Wildman–Crippen LogP) is 5.86. The Labute approximate surface area is 220 Å². The zero-order chi connectivity index (χ0) is 25.7. The van der Waals surface area contributed by atoms with E-state index < -0.39 is 0 Å². The molecule has 1 atom stereocenters. The van der Waals surface area contributed by atoms with Crippen LogP contribution in [-0.2, 0) is 30.8 Å². The molecule has 7 nitrogen and oxygen atoms in total. The van der Waals surface area contributed by atoms with Gasteiger partial charge < -0.3 is 10.1 Å². The number of para-hydroxylation sites is 1. The largest absolute Gasteiger partial charge is 0.486 e. The average molecular weight is 522 g/mol. The molecule has 0 radical (unpaired) electrons. The molecule has 1 unspecified atom stereocenters. The van der Waals surface area contributed by atoms with Gasteiger partial charge in [0.1, 0.15) is 23.4 Å². The minimum Gasteiger partial charge on any atom is -0.486 e. The lowest BCUT2D eigenvalue weighted by Gasteiger charge is -2.33. The summed E-state index contributed by atoms with van der Waals surface area (Å²) in [6, 6.07) is 11.9. The number of rotatable bonds is 9. The number of thioether (sulfide) groups is 1. The number of nitriles is 1. The molecule has 0 aliphatic heterocycles. The minimum atomic E-state index is -0.169. The lowest BCUT2D eigenvalue weighted by Crippen LogP contribution is -2.26. The van der Waals surface area contributed by atoms with Crippen LogP contribution in [0.5, 0.6) is 5.75 Å². The molecule has 188 valence electrons. The molecule has 0 spiro atoms. The third-order valence-corrected chi connectivity index (χ3v) is 8.54. The number of hydrogen-bond donors (Lipinski definition) is 1. The van der Waals surface area contributed by atoms with Crippen LogP contribution >= 0.6 is 23.1 Å². The molecule has 4 rings (SSSR count). The van der Waals surface area contributed by atoms with Crippen molar-refractivity contribution in [1.29, 1.82) is 5.26 Å². The number of fused-ring (bicyclic) bond motifs is 1. The molecule has 36 heavy (non-hydrogen) atoms. The van der Waals surface area contributed by atoms with Gasteiger partial charge in [0.15, 0.2) is 11.0 Å². The van der Waals surface area contributed by atoms with Crippen molar-refractivity contribution < 1.29 is 9.53 Å². The van der Waals surface area contributed by atoms with E-state index >= 15 is 0 Å². The molecule has 2 heterocycles. The van der Waals surface area contributed by atoms with Gasteiger partial charge in [0.25, 0.3) is 0 Å². The van der Waals surface area contributed by atoms with Gasteiger partial charge in [-0.05, 0) is 48.3 Å². The molecule has 1 amide bonds. The highest BCUT2D eigenvalue weighted by molar-refractivity contribution is 7.99. The Kier molecular flexibility index (Phi) is 8.17. The Morgan fingerprint density at radius 3 is 2.83 bits per heavy atom. The molecule has 0 saturated heterocycles. The molecule has 1 aliphatic carbocycles. The summed E-state index contributed by atoms with van der Waals surface area (Å²) in [4.78, 5) is 14.1. The predicted molar refractivity (Wildman–Crippen MR) is 144 cm³/mol. The van der Waals surface area contributed by atoms with E-state index in [0.717, 1.165) is 30.6 Å². The summed E-state index contributed by atoms with van der Waals surface area (Å²) >= 11 is 2.85. The molecule has 1 aromatic carbocycles. The highest BCUT2D eigenvalue weighted by Gasteiger charge is 2.32. The Balaban J connectivity index is 1.40. The third kappa shape index (κ3) is 6.00. The monoisotopic (exact) mass is 521 g/mol. The van der Waals surface area contributed by atoms with Crippen LogP contribution in [0, 0.1) is 22.7 Å². The standard InChI is InChI=1S/C27H31N5O2S2/c1-5-13-32-23(16-34-19-9-7-6-8-10-19)30-31-26(32)35-17-24(33)29-25-21(15-28)20-12-11-18(27(2,3)4)14-22(20)36-25/h5-10,18H,1,11-14,16-17H2,2-4H3,(H,29,33). The zero-order valence-corrected chi connectivity index (χ0v) is 22.5. The van der Waals surface area contributed by atoms with Gasteiger partial charge in [0.05, 0.1) is 11.3 Å². The minimum absolute atomic E-state index is 0.160. The zero-order valence-electron chi connectivity index (χ0n) is 20.9. The number of nitrogens with one attached hydrogen (secondary N) is 1. The number of carbonyl (C=O) groups excluding carboxylic acids is 1. The summed E-state index contributed by atoms with van der Waals surface area (Å²) in [5.74, 6) is 1.98. The van der Waals surface area contributed by atoms with E-state index in [2.05, 4.69) is 48.9 Å². The van der Waals surface area contributed by atoms with E-state index in [1.54, 1.807) is 17.4 Å². The van der Waals surface area contributed by atoms with Crippen molar-refractivity contribution in [2.75, 3.05) is 11.1 Å². The summed E-state index contributed by atoms with van der Waals surface area (Å²) < 4.78 is 7.71. The first-order valence-corrected chi connectivity index (χ1v) is 13.8. The average Bonchev–Trinajstić information content (AvgIpc) is 3.41. The van der Waals surface area contributed by atoms with Crippen molar-refractivity contribution in [1.82, 2.24) is 14.8 Å². The smallest absolute Gasteiger partial charge is 0.235 e. The number of nitrogens with zero attached hydrogens (tertiary/aromatic N) is 4. The quantitative estimate of drug-likeness (QED) is 0.280. The summed E-state index contributed by atoms with van der Waals surface area (Å²) in [6.07, 6.45) is 4.68. The number of benzene rings is 1. The van der Waals surface area contributed by atoms with Crippen molar-refractivity contribution in [2.45, 2.75) is 58.3 Å². The molecule has 1 aliphatic rings. The first-order valence-electron chi connectivity index (χ1n) is 12.0. The fraction of sp³-hybridized carbons (Fsp3) is 0.407. The second kappa shape index (κ2) is 11.3. The normalized spacial score (nSPS) is 15.1. The van der Waals surface area contributed by atoms with Crippen LogP contribution in [0.15, 0.2) is 48.1 Å². The van der Waals surface area contributed by atoms with Crippen molar-refractivity contribution >= 4 is 34.0 Å². The Morgan fingerprint density at radius 1 is 1.36 bits per heavy atom. The fourth-order valence-electron chi connectivity index (χ4n) is 4.33. The maximum Gasteiger partial charge on any atom is 0.235 e. The SMILES string of the molecule is C=CCn1c(COc2ccccc2)nnc1SCC(=O)Nc1sc2c(c1C#N)CCC(C(C)(C)C)C2. The van der Waals surface area contributed by atoms with Crippen LogP contribution in [-0.4, -0.2) is 26.4 Å². The van der Waals surface area contributed by atoms with Gasteiger partial charge in [0, 0.05) is 11.4 Å². The molecule has 3 aromatic rings. The van der Waals surface area contributed by atoms with E-state index in [1.165, 1.54) is 16.6 Å². The molecular weight excluding hydrogens is 490 g/mol. The van der Waals surface area contributed by atoms with E-state index in [4.69, 9.17) is 4.74 Å². The van der Waals surface area contributed by atoms with E-state index in [1.807, 2.05) is 34.9 Å². The third-order valence-electron chi connectivity index (χ3n) is 6.40. The number of ether oxygens (including phenoxy) is 1. The summed E-state index contributed by atoms with van der Waals surface area (Å²) in [7, 11) is 0. The van der Waals surface area contributed by atoms with Gasteiger partial charge in [-0.25, -0.2) is 0 Å². The first kappa shape index (κ1) is 26.0. The maximum absolute atomic E-state index is 12.8. The summed E-state index contributed by atoms with van der Waals surface area (Å²) in [5.41, 5.74) is 1.96. The number of thiophene rings is 1. The van der Waals surface area contributed by atoms with Crippen LogP contribution in [0.4, 0.5) is 5.00 Å². The number of allylic oxidation sites excluding steroid dienone is 1. The van der Waals surface area contributed by atoms with Crippen LogP contribution < -0.4 is 10.1 Å². The second-order valence-corrected chi connectivity index (χ2v) is 11.9. The number of carbonyl (C=O) groups is 1. The van der Waals surface area contributed by atoms with Gasteiger partial charge in [0.2, 0.25) is 5.91 Å². The number of anilines is 1. The highest BCUT2D eigenvalue weighted by atomic mass is 32.2. The van der Waals surface area contributed by atoms with Gasteiger partial charge >= 0.3 is 0 Å². The molecule has 0 fully saturated rings. The molecule has 1 N–H and O–H groups in total. The molecule has 0 bridgehead atoms. The lowest BCUT2D eigenvalue weighted by molar-refractivity contribution is -0.113. The van der Waals surface area contributed by atoms with E-state index in [0.29, 0.717) is 34.0 Å². The Bertz CT molecular complexity index is 1270. The van der Waals surface area contributed by atoms with Gasteiger partial charge in [-0.3, -0.25) is 9.36 Å². The molecule has 9 heteroatoms. The van der Waals surface area contributed by atoms with Crippen molar-refractivity contribution in [3.63, 3.8) is 0 Å². The number of amides is 1. The number of hydrogen-bond acceptors (Lipinski definition) is 7. The van der Waals surface area contributed by atoms with Crippen molar-refractivity contribution in [3.8, 4) is 11.8 Å². The second-order valence-electron chi connectivity index (χ2n) is 9.86. The lowest BCUT2D eigenvalue weighted by atomic mass is 9.72. The van der Waals surface area contributed by atoms with Crippen molar-refractivity contribution in [2.24, 2.45) is 11.3 Å². The summed E-state index contributed by atoms with van der Waals surface area (Å²) in [5, 5.41) is 22.6. The molecular formula is C27H31N5O2S2. The topological polar surface area (TPSA) is 92.8 Å². The molecule has 0 saturated carbocycles. The van der Waals surface area contributed by atoms with Gasteiger partial charge in [-0.15, -0.1) is 28.1 Å². The van der Waals surface area contributed by atoms with Crippen molar-refractivity contribution in [3.05, 3.63) is 64.8 Å². The van der Waals surface area contributed by atoms with Crippen LogP contribution in [0.2, 0.25) is 0 Å². The Hall–Kier alpha value is -3.09. The first-order chi connectivity index (χ1) is 17.3. The van der Waals surface area contributed by atoms with Crippen LogP contribution in [0.1, 0.15) is 49.0 Å². The maximum atomic E-state index is 12.8. The fourth-order valence-corrected chi connectivity index (χ4v) is 6.39. The van der Waals surface area contributed by atoms with E-state index in [9.17, 15) is 10.1 Å². The highest BCUT2D eigenvalue weighted by Crippen LogP contribution is 2.44. The Morgan fingerprint density at radius 2 is 2.14 bits per heavy atom.